The van der Waals surface area contributed by atoms with Crippen molar-refractivity contribution in [2.45, 2.75) is 32.9 Å². The maximum atomic E-state index is 12.2. The Morgan fingerprint density at radius 1 is 1.29 bits per heavy atom. The average Bonchev–Trinajstić information content (AvgIpc) is 2.83. The van der Waals surface area contributed by atoms with Crippen molar-refractivity contribution in [2.75, 3.05) is 13.7 Å². The Morgan fingerprint density at radius 2 is 1.96 bits per heavy atom. The van der Waals surface area contributed by atoms with E-state index in [0.29, 0.717) is 5.75 Å². The van der Waals surface area contributed by atoms with Crippen LogP contribution < -0.4 is 15.4 Å². The second-order valence-electron chi connectivity index (χ2n) is 6.13. The number of urea groups is 1. The van der Waals surface area contributed by atoms with Crippen molar-refractivity contribution in [3.8, 4) is 5.75 Å². The molecule has 1 aliphatic heterocycles. The predicted molar refractivity (Wildman–Crippen MR) is 88.4 cm³/mol. The smallest absolute Gasteiger partial charge is 0.325 e. The van der Waals surface area contributed by atoms with E-state index in [1.54, 1.807) is 7.11 Å². The van der Waals surface area contributed by atoms with Gasteiger partial charge in [0.1, 0.15) is 18.3 Å². The molecule has 7 nitrogen and oxygen atoms in total. The number of imide groups is 1. The van der Waals surface area contributed by atoms with Gasteiger partial charge in [-0.3, -0.25) is 14.5 Å². The first-order valence-electron chi connectivity index (χ1n) is 7.89. The van der Waals surface area contributed by atoms with Crippen LogP contribution in [0.25, 0.3) is 0 Å². The van der Waals surface area contributed by atoms with Gasteiger partial charge in [-0.25, -0.2) is 4.79 Å². The number of ether oxygens (including phenoxy) is 1. The molecule has 24 heavy (non-hydrogen) atoms. The van der Waals surface area contributed by atoms with Crippen LogP contribution >= 0.6 is 0 Å². The van der Waals surface area contributed by atoms with Crippen molar-refractivity contribution in [1.82, 2.24) is 15.5 Å². The summed E-state index contributed by atoms with van der Waals surface area (Å²) in [6, 6.07) is 5.95. The minimum Gasteiger partial charge on any atom is -0.496 e. The van der Waals surface area contributed by atoms with Crippen LogP contribution in [-0.2, 0) is 9.59 Å². The van der Waals surface area contributed by atoms with Gasteiger partial charge >= 0.3 is 6.03 Å². The fourth-order valence-corrected chi connectivity index (χ4v) is 2.67. The first-order chi connectivity index (χ1) is 11.3. The third-order valence-corrected chi connectivity index (χ3v) is 4.01. The summed E-state index contributed by atoms with van der Waals surface area (Å²) in [5, 5.41) is 5.39. The highest BCUT2D eigenvalue weighted by Gasteiger charge is 2.40. The highest BCUT2D eigenvalue weighted by Crippen LogP contribution is 2.24. The van der Waals surface area contributed by atoms with Gasteiger partial charge < -0.3 is 15.4 Å². The first-order valence-corrected chi connectivity index (χ1v) is 7.89. The number of benzene rings is 1. The minimum absolute atomic E-state index is 0.0259. The van der Waals surface area contributed by atoms with Gasteiger partial charge in [-0.05, 0) is 18.9 Å². The molecule has 0 aromatic heterocycles. The fourth-order valence-electron chi connectivity index (χ4n) is 2.67. The zero-order chi connectivity index (χ0) is 17.9. The van der Waals surface area contributed by atoms with Crippen molar-refractivity contribution >= 4 is 17.8 Å². The zero-order valence-electron chi connectivity index (χ0n) is 14.3. The molecule has 0 unspecified atom stereocenters. The molecule has 0 bridgehead atoms. The third-order valence-electron chi connectivity index (χ3n) is 4.01. The Kier molecular flexibility index (Phi) is 5.43. The van der Waals surface area contributed by atoms with Gasteiger partial charge in [-0.2, -0.15) is 0 Å². The third kappa shape index (κ3) is 3.67. The number of para-hydroxylation sites is 1. The molecular formula is C17H23N3O4. The highest BCUT2D eigenvalue weighted by atomic mass is 16.5. The Hall–Kier alpha value is -2.57. The lowest BCUT2D eigenvalue weighted by atomic mass is 10.1. The van der Waals surface area contributed by atoms with Crippen molar-refractivity contribution in [3.05, 3.63) is 29.8 Å². The quantitative estimate of drug-likeness (QED) is 0.771. The van der Waals surface area contributed by atoms with E-state index in [0.717, 1.165) is 10.5 Å². The lowest BCUT2D eigenvalue weighted by Gasteiger charge is -2.19. The molecular weight excluding hydrogens is 310 g/mol. The molecule has 0 aliphatic carbocycles. The van der Waals surface area contributed by atoms with E-state index in [4.69, 9.17) is 4.74 Å². The normalized spacial score (nSPS) is 18.5. The summed E-state index contributed by atoms with van der Waals surface area (Å²) < 4.78 is 5.28. The average molecular weight is 333 g/mol. The van der Waals surface area contributed by atoms with E-state index in [2.05, 4.69) is 10.6 Å². The van der Waals surface area contributed by atoms with Crippen LogP contribution in [0.2, 0.25) is 0 Å². The van der Waals surface area contributed by atoms with Crippen LogP contribution in [0.1, 0.15) is 32.4 Å². The Morgan fingerprint density at radius 3 is 2.54 bits per heavy atom. The van der Waals surface area contributed by atoms with Gasteiger partial charge in [0.05, 0.1) is 13.2 Å². The predicted octanol–water partition coefficient (Wildman–Crippen LogP) is 1.45. The van der Waals surface area contributed by atoms with E-state index in [9.17, 15) is 14.4 Å². The Labute approximate surface area is 141 Å². The molecule has 0 radical (unpaired) electrons. The molecule has 1 aromatic rings. The van der Waals surface area contributed by atoms with Crippen molar-refractivity contribution in [3.63, 3.8) is 0 Å². The second-order valence-corrected chi connectivity index (χ2v) is 6.13. The lowest BCUT2D eigenvalue weighted by molar-refractivity contribution is -0.133. The van der Waals surface area contributed by atoms with Gasteiger partial charge in [-0.1, -0.05) is 32.0 Å². The van der Waals surface area contributed by atoms with Gasteiger partial charge in [0.25, 0.3) is 5.91 Å². The number of hydrogen-bond acceptors (Lipinski definition) is 4. The molecule has 0 saturated carbocycles. The summed E-state index contributed by atoms with van der Waals surface area (Å²) in [5.41, 5.74) is 0.825. The summed E-state index contributed by atoms with van der Waals surface area (Å²) in [6.07, 6.45) is 0. The maximum absolute atomic E-state index is 12.2. The van der Waals surface area contributed by atoms with Crippen molar-refractivity contribution in [2.24, 2.45) is 5.92 Å². The van der Waals surface area contributed by atoms with Crippen LogP contribution in [0.5, 0.6) is 5.75 Å². The second kappa shape index (κ2) is 7.33. The van der Waals surface area contributed by atoms with Gasteiger partial charge in [0.2, 0.25) is 5.91 Å². The van der Waals surface area contributed by atoms with E-state index in [-0.39, 0.29) is 24.4 Å². The van der Waals surface area contributed by atoms with Crippen LogP contribution in [0.4, 0.5) is 4.79 Å². The summed E-state index contributed by atoms with van der Waals surface area (Å²) in [7, 11) is 1.56. The maximum Gasteiger partial charge on any atom is 0.325 e. The summed E-state index contributed by atoms with van der Waals surface area (Å²) in [6.45, 7) is 5.21. The van der Waals surface area contributed by atoms with Crippen LogP contribution in [-0.4, -0.2) is 42.4 Å². The van der Waals surface area contributed by atoms with Crippen molar-refractivity contribution < 1.29 is 19.1 Å². The van der Waals surface area contributed by atoms with E-state index in [1.165, 1.54) is 0 Å². The fraction of sp³-hybridized carbons (Fsp3) is 0.471. The molecule has 2 N–H and O–H groups in total. The Bertz CT molecular complexity index is 644. The van der Waals surface area contributed by atoms with Gasteiger partial charge in [-0.15, -0.1) is 0 Å². The molecule has 7 heteroatoms. The minimum atomic E-state index is -0.572. The van der Waals surface area contributed by atoms with Crippen molar-refractivity contribution in [1.29, 1.82) is 0 Å². The summed E-state index contributed by atoms with van der Waals surface area (Å²) in [5.74, 6) is -0.126. The summed E-state index contributed by atoms with van der Waals surface area (Å²) >= 11 is 0. The van der Waals surface area contributed by atoms with E-state index < -0.39 is 18.0 Å². The SMILES string of the molecule is COc1ccccc1[C@@H](C)NC(=O)CN1C(=O)N[C@@H](C(C)C)C1=O. The molecule has 1 fully saturated rings. The highest BCUT2D eigenvalue weighted by molar-refractivity contribution is 6.06. The molecule has 4 amide bonds. The molecule has 1 heterocycles. The molecule has 2 rings (SSSR count). The molecule has 2 atom stereocenters. The number of nitrogens with zero attached hydrogens (tertiary/aromatic N) is 1. The Balaban J connectivity index is 2.00. The lowest BCUT2D eigenvalue weighted by Crippen LogP contribution is -2.42. The largest absolute Gasteiger partial charge is 0.496 e. The molecule has 130 valence electrons. The number of nitrogens with one attached hydrogen (secondary N) is 2. The molecule has 1 aliphatic rings. The molecule has 1 saturated heterocycles. The molecule has 1 aromatic carbocycles. The number of methoxy groups -OCH3 is 1. The first kappa shape index (κ1) is 17.8. The van der Waals surface area contributed by atoms with Crippen LogP contribution in [0.15, 0.2) is 24.3 Å². The van der Waals surface area contributed by atoms with Crippen LogP contribution in [0, 0.1) is 5.92 Å². The number of rotatable bonds is 6. The number of amides is 4. The zero-order valence-corrected chi connectivity index (χ0v) is 14.3. The monoisotopic (exact) mass is 333 g/mol. The van der Waals surface area contributed by atoms with Gasteiger partial charge in [0.15, 0.2) is 0 Å². The standard InChI is InChI=1S/C17H23N3O4/c1-10(2)15-16(22)20(17(23)19-15)9-14(21)18-11(3)12-7-5-6-8-13(12)24-4/h5-8,10-11,15H,9H2,1-4H3,(H,18,21)(H,19,23)/t11-,15+/m1/s1. The molecule has 0 spiro atoms. The van der Waals surface area contributed by atoms with E-state index >= 15 is 0 Å². The number of carbonyl (C=O) groups excluding carboxylic acids is 3. The van der Waals surface area contributed by atoms with E-state index in [1.807, 2.05) is 45.0 Å². The summed E-state index contributed by atoms with van der Waals surface area (Å²) in [4.78, 5) is 37.3. The number of hydrogen-bond donors (Lipinski definition) is 2. The number of carbonyl (C=O) groups is 3. The van der Waals surface area contributed by atoms with Crippen LogP contribution in [0.3, 0.4) is 0 Å². The topological polar surface area (TPSA) is 87.7 Å². The van der Waals surface area contributed by atoms with Gasteiger partial charge in [0, 0.05) is 5.56 Å².